The molecule has 0 aromatic carbocycles. The molecule has 2 fully saturated rings. The SMILES string of the molecule is CN1N=NC2C3CCC(C3)C21. The highest BCUT2D eigenvalue weighted by molar-refractivity contribution is 5.05. The molecule has 11 heavy (non-hydrogen) atoms. The molecule has 4 atom stereocenters. The minimum absolute atomic E-state index is 0.568. The lowest BCUT2D eigenvalue weighted by Gasteiger charge is -2.25. The second-order valence-corrected chi connectivity index (χ2v) is 4.09. The molecule has 2 aliphatic carbocycles. The summed E-state index contributed by atoms with van der Waals surface area (Å²) in [6, 6.07) is 1.24. The van der Waals surface area contributed by atoms with E-state index in [-0.39, 0.29) is 0 Å². The first-order valence-corrected chi connectivity index (χ1v) is 4.50. The molecule has 0 N–H and O–H groups in total. The summed E-state index contributed by atoms with van der Waals surface area (Å²) in [7, 11) is 2.06. The molecule has 0 amide bonds. The Labute approximate surface area is 66.5 Å². The monoisotopic (exact) mass is 151 g/mol. The number of hydrogen-bond donors (Lipinski definition) is 0. The lowest BCUT2D eigenvalue weighted by atomic mass is 9.91. The number of rotatable bonds is 0. The summed E-state index contributed by atoms with van der Waals surface area (Å²) in [5.41, 5.74) is 0. The van der Waals surface area contributed by atoms with Crippen LogP contribution in [0.15, 0.2) is 10.3 Å². The van der Waals surface area contributed by atoms with Crippen LogP contribution in [0.25, 0.3) is 0 Å². The molecule has 0 saturated heterocycles. The Balaban J connectivity index is 1.96. The van der Waals surface area contributed by atoms with Crippen molar-refractivity contribution in [1.82, 2.24) is 5.01 Å². The third kappa shape index (κ3) is 0.596. The first-order chi connectivity index (χ1) is 5.36. The van der Waals surface area contributed by atoms with Gasteiger partial charge in [0, 0.05) is 7.05 Å². The molecule has 0 aromatic rings. The minimum atomic E-state index is 0.568. The normalized spacial score (nSPS) is 52.3. The number of nitrogens with zero attached hydrogens (tertiary/aromatic N) is 3. The molecule has 60 valence electrons. The van der Waals surface area contributed by atoms with Crippen molar-refractivity contribution < 1.29 is 0 Å². The molecule has 0 spiro atoms. The van der Waals surface area contributed by atoms with Crippen molar-refractivity contribution in [2.45, 2.75) is 31.3 Å². The Morgan fingerprint density at radius 1 is 1.27 bits per heavy atom. The standard InChI is InChI=1S/C8H13N3/c1-11-8-6-3-2-5(4-6)7(8)9-10-11/h5-8H,2-4H2,1H3. The van der Waals surface area contributed by atoms with Gasteiger partial charge in [0.05, 0.1) is 12.1 Å². The van der Waals surface area contributed by atoms with Gasteiger partial charge in [0.25, 0.3) is 0 Å². The van der Waals surface area contributed by atoms with Gasteiger partial charge in [0.1, 0.15) is 0 Å². The highest BCUT2D eigenvalue weighted by Gasteiger charge is 2.52. The van der Waals surface area contributed by atoms with Crippen molar-refractivity contribution in [3.8, 4) is 0 Å². The Hall–Kier alpha value is -0.600. The number of likely N-dealkylation sites (N-methyl/N-ethyl adjacent to an activating group) is 1. The van der Waals surface area contributed by atoms with E-state index in [1.807, 2.05) is 0 Å². The molecule has 2 saturated carbocycles. The minimum Gasteiger partial charge on any atom is -0.276 e. The number of fused-ring (bicyclic) bond motifs is 5. The van der Waals surface area contributed by atoms with Crippen molar-refractivity contribution in [3.05, 3.63) is 0 Å². The van der Waals surface area contributed by atoms with E-state index in [2.05, 4.69) is 22.4 Å². The lowest BCUT2D eigenvalue weighted by Crippen LogP contribution is -2.37. The Morgan fingerprint density at radius 2 is 2.09 bits per heavy atom. The first-order valence-electron chi connectivity index (χ1n) is 4.50. The van der Waals surface area contributed by atoms with Crippen LogP contribution < -0.4 is 0 Å². The molecule has 0 aromatic heterocycles. The van der Waals surface area contributed by atoms with Crippen LogP contribution in [0.3, 0.4) is 0 Å². The molecule has 3 aliphatic rings. The van der Waals surface area contributed by atoms with Crippen LogP contribution >= 0.6 is 0 Å². The zero-order valence-corrected chi connectivity index (χ0v) is 6.77. The van der Waals surface area contributed by atoms with Crippen molar-refractivity contribution in [1.29, 1.82) is 0 Å². The summed E-state index contributed by atoms with van der Waals surface area (Å²) >= 11 is 0. The first kappa shape index (κ1) is 5.98. The molecule has 4 unspecified atom stereocenters. The van der Waals surface area contributed by atoms with Gasteiger partial charge in [0.15, 0.2) is 0 Å². The predicted molar refractivity (Wildman–Crippen MR) is 41.0 cm³/mol. The fraction of sp³-hybridized carbons (Fsp3) is 1.00. The van der Waals surface area contributed by atoms with Crippen LogP contribution in [-0.2, 0) is 0 Å². The van der Waals surface area contributed by atoms with Crippen LogP contribution in [0.4, 0.5) is 0 Å². The van der Waals surface area contributed by atoms with Crippen LogP contribution in [0, 0.1) is 11.8 Å². The summed E-state index contributed by atoms with van der Waals surface area (Å²) in [6.45, 7) is 0. The van der Waals surface area contributed by atoms with E-state index < -0.39 is 0 Å². The van der Waals surface area contributed by atoms with E-state index in [1.54, 1.807) is 0 Å². The van der Waals surface area contributed by atoms with Gasteiger partial charge >= 0.3 is 0 Å². The Morgan fingerprint density at radius 3 is 2.91 bits per heavy atom. The number of hydrogen-bond acceptors (Lipinski definition) is 3. The quantitative estimate of drug-likeness (QED) is 0.515. The highest BCUT2D eigenvalue weighted by atomic mass is 15.6. The maximum atomic E-state index is 4.31. The van der Waals surface area contributed by atoms with Gasteiger partial charge in [0.2, 0.25) is 0 Å². The summed E-state index contributed by atoms with van der Waals surface area (Å²) in [5, 5.41) is 10.5. The molecule has 1 aliphatic heterocycles. The summed E-state index contributed by atoms with van der Waals surface area (Å²) in [4.78, 5) is 0. The zero-order chi connectivity index (χ0) is 7.42. The van der Waals surface area contributed by atoms with Gasteiger partial charge in [-0.1, -0.05) is 5.22 Å². The van der Waals surface area contributed by atoms with Gasteiger partial charge in [-0.05, 0) is 31.1 Å². The molecule has 3 nitrogen and oxygen atoms in total. The van der Waals surface area contributed by atoms with E-state index in [1.165, 1.54) is 19.3 Å². The maximum Gasteiger partial charge on any atom is 0.0980 e. The second-order valence-electron chi connectivity index (χ2n) is 4.09. The van der Waals surface area contributed by atoms with Gasteiger partial charge in [-0.25, -0.2) is 0 Å². The Kier molecular flexibility index (Phi) is 0.957. The molecule has 2 bridgehead atoms. The van der Waals surface area contributed by atoms with Gasteiger partial charge in [-0.15, -0.1) is 0 Å². The molecule has 3 heteroatoms. The third-order valence-corrected chi connectivity index (χ3v) is 3.59. The zero-order valence-electron chi connectivity index (χ0n) is 6.77. The van der Waals surface area contributed by atoms with E-state index in [0.717, 1.165) is 11.8 Å². The van der Waals surface area contributed by atoms with Crippen molar-refractivity contribution in [3.63, 3.8) is 0 Å². The maximum absolute atomic E-state index is 4.31. The second kappa shape index (κ2) is 1.76. The van der Waals surface area contributed by atoms with E-state index in [9.17, 15) is 0 Å². The predicted octanol–water partition coefficient (Wildman–Crippen LogP) is 1.47. The summed E-state index contributed by atoms with van der Waals surface area (Å²) in [5.74, 6) is 1.78. The fourth-order valence-corrected chi connectivity index (χ4v) is 3.12. The van der Waals surface area contributed by atoms with Crippen molar-refractivity contribution >= 4 is 0 Å². The molecule has 1 heterocycles. The largest absolute Gasteiger partial charge is 0.276 e. The molecular formula is C8H13N3. The summed E-state index contributed by atoms with van der Waals surface area (Å²) < 4.78 is 0. The van der Waals surface area contributed by atoms with Crippen LogP contribution in [0.2, 0.25) is 0 Å². The van der Waals surface area contributed by atoms with Gasteiger partial charge in [-0.3, -0.25) is 5.01 Å². The van der Waals surface area contributed by atoms with E-state index >= 15 is 0 Å². The fourth-order valence-electron chi connectivity index (χ4n) is 3.12. The van der Waals surface area contributed by atoms with Crippen molar-refractivity contribution in [2.75, 3.05) is 7.05 Å². The Bertz CT molecular complexity index is 213. The molecule has 0 radical (unpaired) electrons. The molecule has 3 rings (SSSR count). The van der Waals surface area contributed by atoms with E-state index in [4.69, 9.17) is 0 Å². The van der Waals surface area contributed by atoms with Crippen LogP contribution in [0.1, 0.15) is 19.3 Å². The third-order valence-electron chi connectivity index (χ3n) is 3.59. The average molecular weight is 151 g/mol. The van der Waals surface area contributed by atoms with Crippen LogP contribution in [-0.4, -0.2) is 24.1 Å². The van der Waals surface area contributed by atoms with Crippen molar-refractivity contribution in [2.24, 2.45) is 22.2 Å². The van der Waals surface area contributed by atoms with Gasteiger partial charge in [-0.2, -0.15) is 5.11 Å². The smallest absolute Gasteiger partial charge is 0.0980 e. The summed E-state index contributed by atoms with van der Waals surface area (Å²) in [6.07, 6.45) is 4.23. The molecular weight excluding hydrogens is 138 g/mol. The highest BCUT2D eigenvalue weighted by Crippen LogP contribution is 2.50. The van der Waals surface area contributed by atoms with Crippen LogP contribution in [0.5, 0.6) is 0 Å². The average Bonchev–Trinajstić information content (AvgIpc) is 2.60. The van der Waals surface area contributed by atoms with E-state index in [0.29, 0.717) is 12.1 Å². The topological polar surface area (TPSA) is 28.0 Å². The van der Waals surface area contributed by atoms with Gasteiger partial charge < -0.3 is 0 Å². The lowest BCUT2D eigenvalue weighted by molar-refractivity contribution is 0.205.